The molecular formula is C14H18BrNO. The van der Waals surface area contributed by atoms with Gasteiger partial charge in [-0.1, -0.05) is 12.8 Å². The van der Waals surface area contributed by atoms with E-state index in [1.165, 1.54) is 31.4 Å². The minimum Gasteiger partial charge on any atom is -0.373 e. The third-order valence-electron chi connectivity index (χ3n) is 3.53. The predicted molar refractivity (Wildman–Crippen MR) is 74.8 cm³/mol. The van der Waals surface area contributed by atoms with Gasteiger partial charge in [-0.2, -0.15) is 0 Å². The number of nitrogens with zero attached hydrogens (tertiary/aromatic N) is 1. The zero-order valence-corrected chi connectivity index (χ0v) is 11.7. The highest BCUT2D eigenvalue weighted by atomic mass is 79.9. The van der Waals surface area contributed by atoms with E-state index in [4.69, 9.17) is 0 Å². The second kappa shape index (κ2) is 5.67. The number of carbonyl (C=O) groups is 1. The highest BCUT2D eigenvalue weighted by molar-refractivity contribution is 9.10. The van der Waals surface area contributed by atoms with Crippen molar-refractivity contribution >= 4 is 27.9 Å². The van der Waals surface area contributed by atoms with E-state index in [-0.39, 0.29) is 0 Å². The van der Waals surface area contributed by atoms with Crippen LogP contribution in [0.15, 0.2) is 22.7 Å². The Hall–Kier alpha value is -0.830. The van der Waals surface area contributed by atoms with Crippen LogP contribution in [-0.2, 0) is 0 Å². The Morgan fingerprint density at radius 2 is 2.12 bits per heavy atom. The standard InChI is InChI=1S/C14H18BrNO/c1-16(9-11-4-2-3-5-11)14-7-6-12(10-17)8-13(14)15/h6-8,10-11H,2-5,9H2,1H3. The summed E-state index contributed by atoms with van der Waals surface area (Å²) in [6.45, 7) is 1.11. The predicted octanol–water partition coefficient (Wildman–Crippen LogP) is 3.89. The van der Waals surface area contributed by atoms with E-state index in [2.05, 4.69) is 27.9 Å². The molecule has 2 rings (SSSR count). The molecule has 1 saturated carbocycles. The molecule has 0 N–H and O–H groups in total. The summed E-state index contributed by atoms with van der Waals surface area (Å²) in [4.78, 5) is 13.0. The molecule has 1 aliphatic carbocycles. The second-order valence-corrected chi connectivity index (χ2v) is 5.71. The fraction of sp³-hybridized carbons (Fsp3) is 0.500. The molecule has 0 unspecified atom stereocenters. The number of halogens is 1. The van der Waals surface area contributed by atoms with Crippen molar-refractivity contribution in [2.75, 3.05) is 18.5 Å². The van der Waals surface area contributed by atoms with Gasteiger partial charge in [-0.05, 0) is 52.9 Å². The molecule has 92 valence electrons. The van der Waals surface area contributed by atoms with Gasteiger partial charge in [0.25, 0.3) is 0 Å². The number of carbonyl (C=O) groups excluding carboxylic acids is 1. The quantitative estimate of drug-likeness (QED) is 0.786. The van der Waals surface area contributed by atoms with E-state index in [1.807, 2.05) is 18.2 Å². The molecular weight excluding hydrogens is 278 g/mol. The van der Waals surface area contributed by atoms with Crippen LogP contribution in [0.3, 0.4) is 0 Å². The maximum absolute atomic E-state index is 10.7. The van der Waals surface area contributed by atoms with E-state index < -0.39 is 0 Å². The monoisotopic (exact) mass is 295 g/mol. The van der Waals surface area contributed by atoms with Gasteiger partial charge in [-0.3, -0.25) is 4.79 Å². The van der Waals surface area contributed by atoms with Gasteiger partial charge in [0.05, 0.1) is 5.69 Å². The first-order valence-electron chi connectivity index (χ1n) is 6.16. The van der Waals surface area contributed by atoms with Crippen LogP contribution in [0, 0.1) is 5.92 Å². The first kappa shape index (κ1) is 12.6. The van der Waals surface area contributed by atoms with E-state index in [0.717, 1.165) is 28.8 Å². The Morgan fingerprint density at radius 3 is 2.71 bits per heavy atom. The Labute approximate surface area is 111 Å². The first-order chi connectivity index (χ1) is 8.20. The topological polar surface area (TPSA) is 20.3 Å². The fourth-order valence-corrected chi connectivity index (χ4v) is 3.28. The molecule has 0 amide bonds. The van der Waals surface area contributed by atoms with Crippen LogP contribution in [0.25, 0.3) is 0 Å². The number of hydrogen-bond acceptors (Lipinski definition) is 2. The zero-order chi connectivity index (χ0) is 12.3. The molecule has 0 saturated heterocycles. The number of benzene rings is 1. The van der Waals surface area contributed by atoms with Crippen molar-refractivity contribution in [2.45, 2.75) is 25.7 Å². The van der Waals surface area contributed by atoms with Gasteiger partial charge < -0.3 is 4.90 Å². The van der Waals surface area contributed by atoms with Gasteiger partial charge in [0, 0.05) is 23.6 Å². The highest BCUT2D eigenvalue weighted by Gasteiger charge is 2.17. The largest absolute Gasteiger partial charge is 0.373 e. The van der Waals surface area contributed by atoms with Gasteiger partial charge >= 0.3 is 0 Å². The van der Waals surface area contributed by atoms with Crippen molar-refractivity contribution in [1.29, 1.82) is 0 Å². The smallest absolute Gasteiger partial charge is 0.150 e. The van der Waals surface area contributed by atoms with Gasteiger partial charge in [0.2, 0.25) is 0 Å². The normalized spacial score (nSPS) is 16.1. The molecule has 1 aromatic carbocycles. The molecule has 0 bridgehead atoms. The maximum atomic E-state index is 10.7. The van der Waals surface area contributed by atoms with Crippen LogP contribution in [0.2, 0.25) is 0 Å². The van der Waals surface area contributed by atoms with E-state index in [9.17, 15) is 4.79 Å². The third kappa shape index (κ3) is 3.09. The average molecular weight is 296 g/mol. The summed E-state index contributed by atoms with van der Waals surface area (Å²) in [5.74, 6) is 0.831. The lowest BCUT2D eigenvalue weighted by Gasteiger charge is -2.24. The van der Waals surface area contributed by atoms with Crippen molar-refractivity contribution in [2.24, 2.45) is 5.92 Å². The lowest BCUT2D eigenvalue weighted by molar-refractivity contribution is 0.112. The molecule has 1 aliphatic rings. The summed E-state index contributed by atoms with van der Waals surface area (Å²) in [5.41, 5.74) is 1.89. The molecule has 0 radical (unpaired) electrons. The first-order valence-corrected chi connectivity index (χ1v) is 6.96. The van der Waals surface area contributed by atoms with Crippen molar-refractivity contribution in [3.05, 3.63) is 28.2 Å². The van der Waals surface area contributed by atoms with Crippen LogP contribution >= 0.6 is 15.9 Å². The summed E-state index contributed by atoms with van der Waals surface area (Å²) in [6, 6.07) is 5.77. The van der Waals surface area contributed by atoms with Gasteiger partial charge in [0.1, 0.15) is 6.29 Å². The SMILES string of the molecule is CN(CC1CCCC1)c1ccc(C=O)cc1Br. The highest BCUT2D eigenvalue weighted by Crippen LogP contribution is 2.30. The Kier molecular flexibility index (Phi) is 4.21. The van der Waals surface area contributed by atoms with Crippen LogP contribution < -0.4 is 4.90 Å². The Morgan fingerprint density at radius 1 is 1.41 bits per heavy atom. The Balaban J connectivity index is 2.07. The van der Waals surface area contributed by atoms with Crippen molar-refractivity contribution in [3.63, 3.8) is 0 Å². The fourth-order valence-electron chi connectivity index (χ4n) is 2.58. The minimum atomic E-state index is 0.717. The average Bonchev–Trinajstić information content (AvgIpc) is 2.81. The van der Waals surface area contributed by atoms with Crippen LogP contribution in [0.1, 0.15) is 36.0 Å². The Bertz CT molecular complexity index is 399. The van der Waals surface area contributed by atoms with Crippen LogP contribution in [-0.4, -0.2) is 19.9 Å². The molecule has 2 nitrogen and oxygen atoms in total. The number of rotatable bonds is 4. The molecule has 0 atom stereocenters. The maximum Gasteiger partial charge on any atom is 0.150 e. The van der Waals surface area contributed by atoms with E-state index >= 15 is 0 Å². The van der Waals surface area contributed by atoms with Gasteiger partial charge in [-0.25, -0.2) is 0 Å². The zero-order valence-electron chi connectivity index (χ0n) is 10.2. The van der Waals surface area contributed by atoms with Crippen LogP contribution in [0.5, 0.6) is 0 Å². The molecule has 0 aliphatic heterocycles. The summed E-state index contributed by atoms with van der Waals surface area (Å²) in [6.07, 6.45) is 6.35. The summed E-state index contributed by atoms with van der Waals surface area (Å²) < 4.78 is 1.00. The van der Waals surface area contributed by atoms with Crippen molar-refractivity contribution < 1.29 is 4.79 Å². The van der Waals surface area contributed by atoms with Crippen molar-refractivity contribution in [3.8, 4) is 0 Å². The number of aldehydes is 1. The lowest BCUT2D eigenvalue weighted by atomic mass is 10.1. The molecule has 17 heavy (non-hydrogen) atoms. The van der Waals surface area contributed by atoms with Gasteiger partial charge in [0.15, 0.2) is 0 Å². The lowest BCUT2D eigenvalue weighted by Crippen LogP contribution is -2.24. The van der Waals surface area contributed by atoms with Crippen LogP contribution in [0.4, 0.5) is 5.69 Å². The molecule has 3 heteroatoms. The molecule has 1 fully saturated rings. The second-order valence-electron chi connectivity index (χ2n) is 4.86. The van der Waals surface area contributed by atoms with E-state index in [1.54, 1.807) is 0 Å². The molecule has 0 heterocycles. The summed E-state index contributed by atoms with van der Waals surface area (Å²) in [7, 11) is 2.12. The van der Waals surface area contributed by atoms with Gasteiger partial charge in [-0.15, -0.1) is 0 Å². The molecule has 1 aromatic rings. The minimum absolute atomic E-state index is 0.717. The summed E-state index contributed by atoms with van der Waals surface area (Å²) in [5, 5.41) is 0. The molecule has 0 spiro atoms. The summed E-state index contributed by atoms with van der Waals surface area (Å²) >= 11 is 3.54. The molecule has 0 aromatic heterocycles. The third-order valence-corrected chi connectivity index (χ3v) is 4.16. The van der Waals surface area contributed by atoms with Crippen molar-refractivity contribution in [1.82, 2.24) is 0 Å². The number of hydrogen-bond donors (Lipinski definition) is 0. The van der Waals surface area contributed by atoms with E-state index in [0.29, 0.717) is 0 Å². The number of anilines is 1.